The van der Waals surface area contributed by atoms with E-state index >= 15 is 0 Å². The molecule has 0 radical (unpaired) electrons. The van der Waals surface area contributed by atoms with Crippen molar-refractivity contribution >= 4 is 53.4 Å². The summed E-state index contributed by atoms with van der Waals surface area (Å²) in [5, 5.41) is 4.40. The lowest BCUT2D eigenvalue weighted by molar-refractivity contribution is 0.669. The monoisotopic (exact) mass is 971 g/mol. The third-order valence-electron chi connectivity index (χ3n) is 15.8. The van der Waals surface area contributed by atoms with E-state index < -0.39 is 0 Å². The molecule has 348 valence electrons. The number of thiophene rings is 1. The fourth-order valence-electron chi connectivity index (χ4n) is 12.4. The number of benzene rings is 11. The summed E-state index contributed by atoms with van der Waals surface area (Å²) in [5.41, 5.74) is 21.5. The van der Waals surface area contributed by atoms with Gasteiger partial charge in [-0.2, -0.15) is 0 Å². The number of hydrogen-bond donors (Lipinski definition) is 0. The Bertz CT molecular complexity index is 4600. The second kappa shape index (κ2) is 16.2. The first-order valence-corrected chi connectivity index (χ1v) is 26.3. The lowest BCUT2D eigenvalue weighted by atomic mass is 9.70. The normalized spacial score (nSPS) is 12.9. The number of nitrogens with zero attached hydrogens (tertiary/aromatic N) is 3. The van der Waals surface area contributed by atoms with Crippen LogP contribution in [0.4, 0.5) is 0 Å². The van der Waals surface area contributed by atoms with Crippen molar-refractivity contribution in [3.05, 3.63) is 271 Å². The van der Waals surface area contributed by atoms with Gasteiger partial charge in [-0.1, -0.05) is 212 Å². The molecule has 11 aromatic carbocycles. The molecule has 16 rings (SSSR count). The first-order chi connectivity index (χ1) is 37.2. The van der Waals surface area contributed by atoms with Crippen LogP contribution in [0.25, 0.3) is 132 Å². The van der Waals surface area contributed by atoms with Gasteiger partial charge < -0.3 is 4.42 Å². The molecule has 0 bridgehead atoms. The number of fused-ring (bicyclic) bond motifs is 16. The van der Waals surface area contributed by atoms with E-state index in [4.69, 9.17) is 19.4 Å². The van der Waals surface area contributed by atoms with Crippen molar-refractivity contribution in [3.8, 4) is 89.8 Å². The minimum absolute atomic E-state index is 0.352. The van der Waals surface area contributed by atoms with E-state index in [0.717, 1.165) is 65.6 Å². The van der Waals surface area contributed by atoms with Crippen LogP contribution in [0.1, 0.15) is 22.3 Å². The fourth-order valence-corrected chi connectivity index (χ4v) is 13.7. The van der Waals surface area contributed by atoms with Crippen molar-refractivity contribution in [3.63, 3.8) is 0 Å². The molecule has 5 heteroatoms. The molecule has 0 atom stereocenters. The topological polar surface area (TPSA) is 51.8 Å². The highest BCUT2D eigenvalue weighted by molar-refractivity contribution is 7.26. The summed E-state index contributed by atoms with van der Waals surface area (Å²) in [4.78, 5) is 15.9. The zero-order valence-electron chi connectivity index (χ0n) is 40.3. The molecule has 0 saturated carbocycles. The van der Waals surface area contributed by atoms with E-state index in [1.807, 2.05) is 18.2 Å². The van der Waals surface area contributed by atoms with Crippen LogP contribution in [0.5, 0.6) is 0 Å². The highest BCUT2D eigenvalue weighted by Crippen LogP contribution is 2.63. The van der Waals surface area contributed by atoms with Gasteiger partial charge in [-0.3, -0.25) is 0 Å². The first-order valence-electron chi connectivity index (χ1n) is 25.5. The van der Waals surface area contributed by atoms with Crippen molar-refractivity contribution < 1.29 is 4.42 Å². The summed E-state index contributed by atoms with van der Waals surface area (Å²) in [7, 11) is 0. The van der Waals surface area contributed by atoms with Crippen LogP contribution in [-0.4, -0.2) is 15.0 Å². The van der Waals surface area contributed by atoms with E-state index in [0.29, 0.717) is 17.5 Å². The minimum atomic E-state index is -0.352. The van der Waals surface area contributed by atoms with Crippen molar-refractivity contribution in [1.82, 2.24) is 15.0 Å². The molecular formula is C70H41N3OS. The molecule has 1 spiro atoms. The lowest BCUT2D eigenvalue weighted by Crippen LogP contribution is -2.25. The third-order valence-corrected chi connectivity index (χ3v) is 17.0. The van der Waals surface area contributed by atoms with Crippen LogP contribution in [0.3, 0.4) is 0 Å². The van der Waals surface area contributed by atoms with Gasteiger partial charge in [-0.05, 0) is 114 Å². The molecule has 0 saturated heterocycles. The molecule has 3 aromatic heterocycles. The lowest BCUT2D eigenvalue weighted by Gasteiger charge is -2.30. The molecular weight excluding hydrogens is 931 g/mol. The maximum atomic E-state index is 6.62. The van der Waals surface area contributed by atoms with Gasteiger partial charge in [-0.25, -0.2) is 15.0 Å². The molecule has 14 aromatic rings. The summed E-state index contributed by atoms with van der Waals surface area (Å²) in [6.45, 7) is 0. The second-order valence-corrected chi connectivity index (χ2v) is 20.8. The van der Waals surface area contributed by atoms with Crippen LogP contribution in [0.15, 0.2) is 253 Å². The van der Waals surface area contributed by atoms with Gasteiger partial charge in [0.05, 0.1) is 5.41 Å². The molecule has 4 nitrogen and oxygen atoms in total. The summed E-state index contributed by atoms with van der Waals surface area (Å²) in [6, 6.07) is 89.8. The quantitative estimate of drug-likeness (QED) is 0.167. The molecule has 0 N–H and O–H groups in total. The van der Waals surface area contributed by atoms with E-state index in [-0.39, 0.29) is 5.41 Å². The van der Waals surface area contributed by atoms with Crippen LogP contribution < -0.4 is 0 Å². The average Bonchev–Trinajstić information content (AvgIpc) is 4.41. The van der Waals surface area contributed by atoms with E-state index in [1.165, 1.54) is 71.1 Å². The molecule has 0 amide bonds. The Morgan fingerprint density at radius 3 is 1.49 bits per heavy atom. The third kappa shape index (κ3) is 6.26. The van der Waals surface area contributed by atoms with Gasteiger partial charge in [0.1, 0.15) is 11.2 Å². The van der Waals surface area contributed by atoms with E-state index in [1.54, 1.807) is 11.3 Å². The van der Waals surface area contributed by atoms with E-state index in [2.05, 4.69) is 231 Å². The van der Waals surface area contributed by atoms with Crippen LogP contribution in [0, 0.1) is 0 Å². The molecule has 75 heavy (non-hydrogen) atoms. The minimum Gasteiger partial charge on any atom is -0.456 e. The molecule has 2 aliphatic rings. The first kappa shape index (κ1) is 42.0. The van der Waals surface area contributed by atoms with E-state index in [9.17, 15) is 0 Å². The zero-order valence-corrected chi connectivity index (χ0v) is 41.1. The van der Waals surface area contributed by atoms with Crippen LogP contribution in [-0.2, 0) is 5.41 Å². The van der Waals surface area contributed by atoms with Gasteiger partial charge in [0.25, 0.3) is 0 Å². The van der Waals surface area contributed by atoms with Crippen molar-refractivity contribution in [2.24, 2.45) is 0 Å². The number of hydrogen-bond acceptors (Lipinski definition) is 5. The van der Waals surface area contributed by atoms with Gasteiger partial charge >= 0.3 is 0 Å². The Hall–Kier alpha value is -9.55. The maximum absolute atomic E-state index is 6.62. The molecule has 2 aliphatic carbocycles. The SMILES string of the molecule is c1ccc(-c2ccc(-c3nc(-c4cccc5c4sc4ccccc45)nc(-c4cccc5oc6ccc(-c7ccc(-c8ccc9c(c8)-c8ccccc8C98c9ccccc9-c9ccccc98)cc7)cc6c45)n3)cc2)cc1. The predicted molar refractivity (Wildman–Crippen MR) is 309 cm³/mol. The summed E-state index contributed by atoms with van der Waals surface area (Å²) >= 11 is 1.78. The van der Waals surface area contributed by atoms with Crippen molar-refractivity contribution in [2.75, 3.05) is 0 Å². The standard InChI is InChI=1S/C70H41N3OS/c1-2-14-42(15-3-1)43-32-34-46(35-33-43)67-71-68(73-69(72-67)55-22-12-20-53-52-19-7-11-27-64(52)75-66(53)55)54-21-13-26-63-65(54)57-41-48(37-39-62(57)74-63)45-30-28-44(29-31-45)47-36-38-61-56(40-47)51-18-6-10-25-60(51)70(61)58-23-8-4-16-49(58)50-17-5-9-24-59(50)70/h1-41H. The highest BCUT2D eigenvalue weighted by Gasteiger charge is 2.51. The summed E-state index contributed by atoms with van der Waals surface area (Å²) in [5.74, 6) is 1.83. The van der Waals surface area contributed by atoms with Crippen molar-refractivity contribution in [2.45, 2.75) is 5.41 Å². The van der Waals surface area contributed by atoms with Gasteiger partial charge in [0, 0.05) is 47.6 Å². The van der Waals surface area contributed by atoms with Crippen LogP contribution >= 0.6 is 11.3 Å². The Morgan fingerprint density at radius 2 is 0.773 bits per heavy atom. The predicted octanol–water partition coefficient (Wildman–Crippen LogP) is 18.5. The summed E-state index contributed by atoms with van der Waals surface area (Å²) < 4.78 is 9.01. The largest absolute Gasteiger partial charge is 0.456 e. The molecule has 0 fully saturated rings. The Labute approximate surface area is 436 Å². The number of furan rings is 1. The second-order valence-electron chi connectivity index (χ2n) is 19.7. The molecule has 0 aliphatic heterocycles. The molecule has 3 heterocycles. The highest BCUT2D eigenvalue weighted by atomic mass is 32.1. The Kier molecular flexibility index (Phi) is 9.09. The number of rotatable bonds is 6. The van der Waals surface area contributed by atoms with Gasteiger partial charge in [0.15, 0.2) is 17.5 Å². The summed E-state index contributed by atoms with van der Waals surface area (Å²) in [6.07, 6.45) is 0. The van der Waals surface area contributed by atoms with Gasteiger partial charge in [-0.15, -0.1) is 11.3 Å². The fraction of sp³-hybridized carbons (Fsp3) is 0.0143. The smallest absolute Gasteiger partial charge is 0.165 e. The zero-order chi connectivity index (χ0) is 49.2. The molecule has 0 unspecified atom stereocenters. The number of aromatic nitrogens is 3. The van der Waals surface area contributed by atoms with Gasteiger partial charge in [0.2, 0.25) is 0 Å². The Morgan fingerprint density at radius 1 is 0.293 bits per heavy atom. The average molecular weight is 972 g/mol. The maximum Gasteiger partial charge on any atom is 0.165 e. The van der Waals surface area contributed by atoms with Crippen LogP contribution in [0.2, 0.25) is 0 Å². The Balaban J connectivity index is 0.797. The van der Waals surface area contributed by atoms with Crippen molar-refractivity contribution in [1.29, 1.82) is 0 Å².